The number of para-hydroxylation sites is 1. The molecule has 0 saturated heterocycles. The topological polar surface area (TPSA) is 49.4 Å². The van der Waals surface area contributed by atoms with Crippen LogP contribution in [0.3, 0.4) is 0 Å². The van der Waals surface area contributed by atoms with Crippen LogP contribution in [0.2, 0.25) is 0 Å². The van der Waals surface area contributed by atoms with Crippen molar-refractivity contribution in [2.75, 3.05) is 16.8 Å². The van der Waals surface area contributed by atoms with Crippen molar-refractivity contribution in [2.24, 2.45) is 0 Å². The molecule has 17 heavy (non-hydrogen) atoms. The van der Waals surface area contributed by atoms with E-state index in [9.17, 15) is 9.59 Å². The number of imide groups is 1. The summed E-state index contributed by atoms with van der Waals surface area (Å²) in [6.07, 6.45) is 1.26. The van der Waals surface area contributed by atoms with Gasteiger partial charge in [-0.2, -0.15) is 0 Å². The zero-order chi connectivity index (χ0) is 12.4. The fourth-order valence-electron chi connectivity index (χ4n) is 2.15. The highest BCUT2D eigenvalue weighted by atomic mass is 16.2. The molecule has 2 rings (SSSR count). The van der Waals surface area contributed by atoms with Crippen LogP contribution in [0.5, 0.6) is 0 Å². The van der Waals surface area contributed by atoms with Gasteiger partial charge in [0.25, 0.3) is 0 Å². The van der Waals surface area contributed by atoms with Crippen molar-refractivity contribution >= 4 is 23.2 Å². The van der Waals surface area contributed by atoms with E-state index >= 15 is 0 Å². The summed E-state index contributed by atoms with van der Waals surface area (Å²) in [5.74, 6) is -0.404. The maximum Gasteiger partial charge on any atom is 0.233 e. The molecule has 1 aliphatic heterocycles. The first-order valence-electron chi connectivity index (χ1n) is 5.84. The molecule has 0 unspecified atom stereocenters. The summed E-state index contributed by atoms with van der Waals surface area (Å²) in [7, 11) is 0. The van der Waals surface area contributed by atoms with Gasteiger partial charge in [-0.25, -0.2) is 4.90 Å². The SMILES string of the molecule is CCC(=O)N(C(C)=O)c1cccc2c1NCC2. The van der Waals surface area contributed by atoms with Crippen molar-refractivity contribution in [2.45, 2.75) is 26.7 Å². The molecule has 0 radical (unpaired) electrons. The van der Waals surface area contributed by atoms with Crippen molar-refractivity contribution in [1.29, 1.82) is 0 Å². The minimum Gasteiger partial charge on any atom is -0.383 e. The van der Waals surface area contributed by atoms with Crippen molar-refractivity contribution in [1.82, 2.24) is 0 Å². The number of carbonyl (C=O) groups excluding carboxylic acids is 2. The second-order valence-electron chi connectivity index (χ2n) is 4.09. The van der Waals surface area contributed by atoms with Gasteiger partial charge in [-0.1, -0.05) is 19.1 Å². The predicted octanol–water partition coefficient (Wildman–Crippen LogP) is 1.94. The molecular weight excluding hydrogens is 216 g/mol. The van der Waals surface area contributed by atoms with Crippen LogP contribution in [0, 0.1) is 0 Å². The van der Waals surface area contributed by atoms with E-state index in [1.807, 2.05) is 18.2 Å². The molecule has 4 nitrogen and oxygen atoms in total. The van der Waals surface area contributed by atoms with Gasteiger partial charge in [0, 0.05) is 19.9 Å². The number of amides is 2. The molecule has 0 atom stereocenters. The van der Waals surface area contributed by atoms with E-state index in [0.717, 1.165) is 24.2 Å². The van der Waals surface area contributed by atoms with Crippen LogP contribution in [0.1, 0.15) is 25.8 Å². The lowest BCUT2D eigenvalue weighted by Crippen LogP contribution is -2.35. The molecule has 1 N–H and O–H groups in total. The molecule has 0 spiro atoms. The van der Waals surface area contributed by atoms with Crippen LogP contribution in [-0.2, 0) is 16.0 Å². The highest BCUT2D eigenvalue weighted by Gasteiger charge is 2.24. The first kappa shape index (κ1) is 11.6. The normalized spacial score (nSPS) is 12.8. The molecule has 0 aromatic heterocycles. The average Bonchev–Trinajstić information content (AvgIpc) is 2.77. The van der Waals surface area contributed by atoms with Gasteiger partial charge >= 0.3 is 0 Å². The predicted molar refractivity (Wildman–Crippen MR) is 67.1 cm³/mol. The smallest absolute Gasteiger partial charge is 0.233 e. The maximum atomic E-state index is 11.8. The molecular formula is C13H16N2O2. The maximum absolute atomic E-state index is 11.8. The number of nitrogens with one attached hydrogen (secondary N) is 1. The van der Waals surface area contributed by atoms with Crippen LogP contribution in [0.25, 0.3) is 0 Å². The lowest BCUT2D eigenvalue weighted by Gasteiger charge is -2.21. The number of fused-ring (bicyclic) bond motifs is 1. The largest absolute Gasteiger partial charge is 0.383 e. The van der Waals surface area contributed by atoms with Crippen LogP contribution >= 0.6 is 0 Å². The Morgan fingerprint density at radius 1 is 1.41 bits per heavy atom. The lowest BCUT2D eigenvalue weighted by atomic mass is 10.1. The van der Waals surface area contributed by atoms with E-state index in [2.05, 4.69) is 5.32 Å². The second-order valence-corrected chi connectivity index (χ2v) is 4.09. The molecule has 0 fully saturated rings. The van der Waals surface area contributed by atoms with Crippen molar-refractivity contribution < 1.29 is 9.59 Å². The summed E-state index contributed by atoms with van der Waals surface area (Å²) in [5, 5.41) is 3.24. The third-order valence-electron chi connectivity index (χ3n) is 2.93. The molecule has 1 heterocycles. The van der Waals surface area contributed by atoms with Gasteiger partial charge in [0.15, 0.2) is 0 Å². The van der Waals surface area contributed by atoms with E-state index in [0.29, 0.717) is 12.1 Å². The summed E-state index contributed by atoms with van der Waals surface area (Å²) < 4.78 is 0. The third-order valence-corrected chi connectivity index (χ3v) is 2.93. The van der Waals surface area contributed by atoms with Gasteiger partial charge in [-0.05, 0) is 18.1 Å². The van der Waals surface area contributed by atoms with Crippen LogP contribution in [0.15, 0.2) is 18.2 Å². The van der Waals surface area contributed by atoms with Gasteiger partial charge in [-0.15, -0.1) is 0 Å². The van der Waals surface area contributed by atoms with Crippen LogP contribution in [0.4, 0.5) is 11.4 Å². The van der Waals surface area contributed by atoms with Gasteiger partial charge in [0.05, 0.1) is 11.4 Å². The summed E-state index contributed by atoms with van der Waals surface area (Å²) in [5.41, 5.74) is 2.77. The monoisotopic (exact) mass is 232 g/mol. The molecule has 0 saturated carbocycles. The summed E-state index contributed by atoms with van der Waals surface area (Å²) in [6, 6.07) is 5.72. The highest BCUT2D eigenvalue weighted by Crippen LogP contribution is 2.33. The molecule has 4 heteroatoms. The number of nitrogens with zero attached hydrogens (tertiary/aromatic N) is 1. The molecule has 2 amide bonds. The van der Waals surface area contributed by atoms with Crippen molar-refractivity contribution in [3.63, 3.8) is 0 Å². The van der Waals surface area contributed by atoms with Gasteiger partial charge in [0.1, 0.15) is 0 Å². The lowest BCUT2D eigenvalue weighted by molar-refractivity contribution is -0.125. The number of hydrogen-bond acceptors (Lipinski definition) is 3. The molecule has 1 aromatic carbocycles. The Labute approximate surface area is 101 Å². The fourth-order valence-corrected chi connectivity index (χ4v) is 2.15. The Morgan fingerprint density at radius 3 is 2.82 bits per heavy atom. The van der Waals surface area contributed by atoms with E-state index in [-0.39, 0.29) is 11.8 Å². The zero-order valence-corrected chi connectivity index (χ0v) is 10.1. The number of benzene rings is 1. The number of rotatable bonds is 2. The number of carbonyl (C=O) groups is 2. The van der Waals surface area contributed by atoms with E-state index in [4.69, 9.17) is 0 Å². The second kappa shape index (κ2) is 4.57. The van der Waals surface area contributed by atoms with E-state index in [1.54, 1.807) is 6.92 Å². The van der Waals surface area contributed by atoms with E-state index < -0.39 is 0 Å². The van der Waals surface area contributed by atoms with E-state index in [1.165, 1.54) is 11.8 Å². The summed E-state index contributed by atoms with van der Waals surface area (Å²) in [4.78, 5) is 24.7. The van der Waals surface area contributed by atoms with Crippen LogP contribution < -0.4 is 10.2 Å². The standard InChI is InChI=1S/C13H16N2O2/c1-3-12(17)15(9(2)16)11-6-4-5-10-7-8-14-13(10)11/h4-6,14H,3,7-8H2,1-2H3. The minimum absolute atomic E-state index is 0.167. The summed E-state index contributed by atoms with van der Waals surface area (Å²) in [6.45, 7) is 4.04. The van der Waals surface area contributed by atoms with Gasteiger partial charge in [-0.3, -0.25) is 9.59 Å². The fraction of sp³-hybridized carbons (Fsp3) is 0.385. The molecule has 90 valence electrons. The average molecular weight is 232 g/mol. The Morgan fingerprint density at radius 2 is 2.18 bits per heavy atom. The first-order valence-corrected chi connectivity index (χ1v) is 5.84. The Balaban J connectivity index is 2.47. The number of anilines is 2. The molecule has 1 aliphatic rings. The molecule has 0 bridgehead atoms. The van der Waals surface area contributed by atoms with Gasteiger partial charge in [0.2, 0.25) is 11.8 Å². The Kier molecular flexibility index (Phi) is 3.13. The number of hydrogen-bond donors (Lipinski definition) is 1. The third kappa shape index (κ3) is 2.02. The Bertz CT molecular complexity index is 468. The van der Waals surface area contributed by atoms with Gasteiger partial charge < -0.3 is 5.32 Å². The molecule has 1 aromatic rings. The van der Waals surface area contributed by atoms with Crippen molar-refractivity contribution in [3.05, 3.63) is 23.8 Å². The Hall–Kier alpha value is -1.84. The molecule has 0 aliphatic carbocycles. The van der Waals surface area contributed by atoms with Crippen molar-refractivity contribution in [3.8, 4) is 0 Å². The summed E-state index contributed by atoms with van der Waals surface area (Å²) >= 11 is 0. The highest BCUT2D eigenvalue weighted by molar-refractivity contribution is 6.16. The zero-order valence-electron chi connectivity index (χ0n) is 10.1. The quantitative estimate of drug-likeness (QED) is 0.847. The first-order chi connectivity index (χ1) is 8.15. The van der Waals surface area contributed by atoms with Crippen LogP contribution in [-0.4, -0.2) is 18.4 Å². The minimum atomic E-state index is -0.237.